The zero-order chi connectivity index (χ0) is 14.4. The van der Waals surface area contributed by atoms with Gasteiger partial charge >= 0.3 is 0 Å². The summed E-state index contributed by atoms with van der Waals surface area (Å²) in [5.41, 5.74) is 1.77. The van der Waals surface area contributed by atoms with E-state index >= 15 is 0 Å². The lowest BCUT2D eigenvalue weighted by Crippen LogP contribution is -1.99. The molecule has 4 nitrogen and oxygen atoms in total. The van der Waals surface area contributed by atoms with E-state index in [1.165, 1.54) is 4.68 Å². The van der Waals surface area contributed by atoms with E-state index in [1.807, 2.05) is 12.1 Å². The SMILES string of the molecule is Cc1nn(C)c(Cl)c1C(O)c1cc2cccc(Cl)c2o1. The molecule has 0 aliphatic rings. The van der Waals surface area contributed by atoms with E-state index < -0.39 is 6.10 Å². The molecule has 0 fully saturated rings. The van der Waals surface area contributed by atoms with Crippen molar-refractivity contribution < 1.29 is 9.52 Å². The van der Waals surface area contributed by atoms with E-state index in [0.29, 0.717) is 32.8 Å². The van der Waals surface area contributed by atoms with Crippen LogP contribution >= 0.6 is 23.2 Å². The van der Waals surface area contributed by atoms with Crippen LogP contribution in [0.3, 0.4) is 0 Å². The van der Waals surface area contributed by atoms with Crippen LogP contribution in [0.5, 0.6) is 0 Å². The number of aromatic nitrogens is 2. The number of hydrogen-bond acceptors (Lipinski definition) is 3. The summed E-state index contributed by atoms with van der Waals surface area (Å²) in [5.74, 6) is 0.395. The first kappa shape index (κ1) is 13.5. The molecule has 0 saturated carbocycles. The number of nitrogens with zero attached hydrogens (tertiary/aromatic N) is 2. The minimum atomic E-state index is -0.973. The molecule has 0 saturated heterocycles. The van der Waals surface area contributed by atoms with Crippen molar-refractivity contribution in [2.24, 2.45) is 7.05 Å². The number of para-hydroxylation sites is 1. The molecule has 0 bridgehead atoms. The van der Waals surface area contributed by atoms with Gasteiger partial charge in [0.2, 0.25) is 0 Å². The van der Waals surface area contributed by atoms with Gasteiger partial charge in [-0.25, -0.2) is 0 Å². The van der Waals surface area contributed by atoms with Gasteiger partial charge in [-0.1, -0.05) is 35.3 Å². The Kier molecular flexibility index (Phi) is 3.24. The van der Waals surface area contributed by atoms with E-state index in [2.05, 4.69) is 5.10 Å². The van der Waals surface area contributed by atoms with Crippen LogP contribution in [-0.4, -0.2) is 14.9 Å². The molecule has 0 radical (unpaired) electrons. The molecular formula is C14H12Cl2N2O2. The topological polar surface area (TPSA) is 51.2 Å². The van der Waals surface area contributed by atoms with E-state index in [1.54, 1.807) is 26.1 Å². The molecule has 1 unspecified atom stereocenters. The van der Waals surface area contributed by atoms with Crippen molar-refractivity contribution in [3.8, 4) is 0 Å². The summed E-state index contributed by atoms with van der Waals surface area (Å²) >= 11 is 12.2. The van der Waals surface area contributed by atoms with Gasteiger partial charge in [0.25, 0.3) is 0 Å². The highest BCUT2D eigenvalue weighted by Gasteiger charge is 2.24. The van der Waals surface area contributed by atoms with Crippen LogP contribution in [0.2, 0.25) is 10.2 Å². The average Bonchev–Trinajstić information content (AvgIpc) is 2.93. The lowest BCUT2D eigenvalue weighted by atomic mass is 10.1. The fraction of sp³-hybridized carbons (Fsp3) is 0.214. The molecule has 1 aromatic carbocycles. The van der Waals surface area contributed by atoms with Crippen LogP contribution in [0.25, 0.3) is 11.0 Å². The number of aryl methyl sites for hydroxylation is 2. The fourth-order valence-corrected chi connectivity index (χ4v) is 2.78. The Morgan fingerprint density at radius 1 is 1.35 bits per heavy atom. The quantitative estimate of drug-likeness (QED) is 0.782. The number of aliphatic hydroxyl groups excluding tert-OH is 1. The number of fused-ring (bicyclic) bond motifs is 1. The number of aliphatic hydroxyl groups is 1. The predicted molar refractivity (Wildman–Crippen MR) is 78.2 cm³/mol. The minimum Gasteiger partial charge on any atom is -0.456 e. The summed E-state index contributed by atoms with van der Waals surface area (Å²) < 4.78 is 7.18. The molecule has 2 heterocycles. The van der Waals surface area contributed by atoms with Crippen LogP contribution in [0.15, 0.2) is 28.7 Å². The maximum absolute atomic E-state index is 10.5. The van der Waals surface area contributed by atoms with Crippen LogP contribution < -0.4 is 0 Å². The Morgan fingerprint density at radius 2 is 2.10 bits per heavy atom. The van der Waals surface area contributed by atoms with Gasteiger partial charge in [0.15, 0.2) is 5.58 Å². The first-order valence-electron chi connectivity index (χ1n) is 6.04. The van der Waals surface area contributed by atoms with Crippen LogP contribution in [0.4, 0.5) is 0 Å². The number of halogens is 2. The van der Waals surface area contributed by atoms with Crippen LogP contribution in [0, 0.1) is 6.92 Å². The van der Waals surface area contributed by atoms with Gasteiger partial charge in [-0.2, -0.15) is 5.10 Å². The van der Waals surface area contributed by atoms with Crippen molar-refractivity contribution >= 4 is 34.2 Å². The maximum atomic E-state index is 10.5. The largest absolute Gasteiger partial charge is 0.456 e. The fourth-order valence-electron chi connectivity index (χ4n) is 2.28. The average molecular weight is 311 g/mol. The summed E-state index contributed by atoms with van der Waals surface area (Å²) in [6, 6.07) is 7.21. The minimum absolute atomic E-state index is 0.390. The van der Waals surface area contributed by atoms with E-state index in [-0.39, 0.29) is 0 Å². The second kappa shape index (κ2) is 4.81. The maximum Gasteiger partial charge on any atom is 0.153 e. The number of hydrogen-bond donors (Lipinski definition) is 1. The highest BCUT2D eigenvalue weighted by Crippen LogP contribution is 2.35. The van der Waals surface area contributed by atoms with E-state index in [4.69, 9.17) is 27.6 Å². The second-order valence-electron chi connectivity index (χ2n) is 4.62. The second-order valence-corrected chi connectivity index (χ2v) is 5.39. The van der Waals surface area contributed by atoms with Crippen molar-refractivity contribution in [3.63, 3.8) is 0 Å². The molecule has 0 amide bonds. The van der Waals surface area contributed by atoms with E-state index in [9.17, 15) is 5.11 Å². The highest BCUT2D eigenvalue weighted by atomic mass is 35.5. The molecule has 2 aromatic heterocycles. The van der Waals surface area contributed by atoms with Crippen molar-refractivity contribution in [2.75, 3.05) is 0 Å². The molecule has 0 spiro atoms. The third kappa shape index (κ3) is 2.00. The smallest absolute Gasteiger partial charge is 0.153 e. The molecule has 1 atom stereocenters. The molecular weight excluding hydrogens is 299 g/mol. The summed E-state index contributed by atoms with van der Waals surface area (Å²) in [5, 5.41) is 16.4. The Balaban J connectivity index is 2.13. The zero-order valence-corrected chi connectivity index (χ0v) is 12.4. The Hall–Kier alpha value is -1.49. The first-order valence-corrected chi connectivity index (χ1v) is 6.79. The van der Waals surface area contributed by atoms with Gasteiger partial charge in [0, 0.05) is 18.0 Å². The molecule has 1 N–H and O–H groups in total. The molecule has 6 heteroatoms. The van der Waals surface area contributed by atoms with Crippen molar-refractivity contribution in [2.45, 2.75) is 13.0 Å². The molecule has 0 aliphatic heterocycles. The summed E-state index contributed by atoms with van der Waals surface area (Å²) in [7, 11) is 1.72. The first-order chi connectivity index (χ1) is 9.49. The highest BCUT2D eigenvalue weighted by molar-refractivity contribution is 6.34. The van der Waals surface area contributed by atoms with Gasteiger partial charge < -0.3 is 9.52 Å². The standard InChI is InChI=1S/C14H12Cl2N2O2/c1-7-11(14(16)18(2)17-7)12(19)10-6-8-4-3-5-9(15)13(8)20-10/h3-6,12,19H,1-2H3. The zero-order valence-electron chi connectivity index (χ0n) is 10.9. The lowest BCUT2D eigenvalue weighted by molar-refractivity contribution is 0.191. The number of benzene rings is 1. The van der Waals surface area contributed by atoms with Crippen molar-refractivity contribution in [1.82, 2.24) is 9.78 Å². The van der Waals surface area contributed by atoms with E-state index in [0.717, 1.165) is 5.39 Å². The Labute approximate surface area is 125 Å². The Morgan fingerprint density at radius 3 is 2.70 bits per heavy atom. The summed E-state index contributed by atoms with van der Waals surface area (Å²) in [4.78, 5) is 0. The number of furan rings is 1. The molecule has 3 rings (SSSR count). The Bertz CT molecular complexity index is 792. The molecule has 3 aromatic rings. The normalized spacial score (nSPS) is 13.1. The van der Waals surface area contributed by atoms with Crippen molar-refractivity contribution in [3.05, 3.63) is 51.5 Å². The van der Waals surface area contributed by atoms with Crippen molar-refractivity contribution in [1.29, 1.82) is 0 Å². The van der Waals surface area contributed by atoms with Gasteiger partial charge in [-0.15, -0.1) is 0 Å². The molecule has 20 heavy (non-hydrogen) atoms. The van der Waals surface area contributed by atoms with Gasteiger partial charge in [0.05, 0.1) is 10.7 Å². The molecule has 104 valence electrons. The lowest BCUT2D eigenvalue weighted by Gasteiger charge is -2.07. The van der Waals surface area contributed by atoms with Gasteiger partial charge in [-0.3, -0.25) is 4.68 Å². The summed E-state index contributed by atoms with van der Waals surface area (Å²) in [6.45, 7) is 1.79. The third-order valence-corrected chi connectivity index (χ3v) is 4.00. The van der Waals surface area contributed by atoms with Gasteiger partial charge in [0.1, 0.15) is 17.0 Å². The number of rotatable bonds is 2. The third-order valence-electron chi connectivity index (χ3n) is 3.25. The van der Waals surface area contributed by atoms with Crippen LogP contribution in [0.1, 0.15) is 23.1 Å². The predicted octanol–water partition coefficient (Wildman–Crippen LogP) is 3.86. The van der Waals surface area contributed by atoms with Gasteiger partial charge in [-0.05, 0) is 19.1 Å². The monoisotopic (exact) mass is 310 g/mol. The molecule has 0 aliphatic carbocycles. The summed E-state index contributed by atoms with van der Waals surface area (Å²) in [6.07, 6.45) is -0.973. The van der Waals surface area contributed by atoms with Crippen LogP contribution in [-0.2, 0) is 7.05 Å².